The molecule has 1 amide bonds. The molecular formula is C11H9NOS. The number of hydrogen-bond donors (Lipinski definition) is 1. The molecule has 2 N–H and O–H groups in total. The molecule has 2 rings (SSSR count). The van der Waals surface area contributed by atoms with Gasteiger partial charge in [-0.2, -0.15) is 0 Å². The number of hydrogen-bond acceptors (Lipinski definition) is 2. The van der Waals surface area contributed by atoms with Crippen LogP contribution in [0.4, 0.5) is 0 Å². The predicted molar refractivity (Wildman–Crippen MR) is 60.1 cm³/mol. The first-order valence-corrected chi connectivity index (χ1v) is 5.08. The van der Waals surface area contributed by atoms with Gasteiger partial charge in [-0.05, 0) is 40.6 Å². The van der Waals surface area contributed by atoms with Crippen molar-refractivity contribution in [1.29, 1.82) is 0 Å². The van der Waals surface area contributed by atoms with Gasteiger partial charge in [-0.25, -0.2) is 0 Å². The van der Waals surface area contributed by atoms with E-state index in [1.807, 2.05) is 23.6 Å². The largest absolute Gasteiger partial charge is 0.366 e. The first-order valence-electron chi connectivity index (χ1n) is 4.20. The monoisotopic (exact) mass is 203 g/mol. The van der Waals surface area contributed by atoms with Crippen molar-refractivity contribution in [2.24, 2.45) is 5.73 Å². The number of amides is 1. The van der Waals surface area contributed by atoms with Crippen molar-refractivity contribution in [3.8, 4) is 0 Å². The van der Waals surface area contributed by atoms with Gasteiger partial charge in [-0.15, -0.1) is 11.3 Å². The third-order valence-electron chi connectivity index (χ3n) is 1.92. The maximum Gasteiger partial charge on any atom is 0.241 e. The summed E-state index contributed by atoms with van der Waals surface area (Å²) in [6.07, 6.45) is 3.09. The third kappa shape index (κ3) is 1.83. The van der Waals surface area contributed by atoms with Crippen molar-refractivity contribution in [3.63, 3.8) is 0 Å². The van der Waals surface area contributed by atoms with E-state index in [0.717, 1.165) is 5.56 Å². The van der Waals surface area contributed by atoms with Gasteiger partial charge in [0.1, 0.15) is 0 Å². The number of primary amides is 1. The van der Waals surface area contributed by atoms with Gasteiger partial charge >= 0.3 is 0 Å². The van der Waals surface area contributed by atoms with Crippen molar-refractivity contribution in [3.05, 3.63) is 41.3 Å². The first-order chi connectivity index (χ1) is 6.75. The second kappa shape index (κ2) is 3.64. The van der Waals surface area contributed by atoms with Crippen LogP contribution in [-0.4, -0.2) is 5.91 Å². The second-order valence-corrected chi connectivity index (χ2v) is 3.90. The average molecular weight is 203 g/mol. The topological polar surface area (TPSA) is 43.1 Å². The zero-order valence-corrected chi connectivity index (χ0v) is 8.25. The Labute approximate surface area is 85.7 Å². The van der Waals surface area contributed by atoms with E-state index in [1.165, 1.54) is 16.2 Å². The Morgan fingerprint density at radius 1 is 1.36 bits per heavy atom. The van der Waals surface area contributed by atoms with Gasteiger partial charge in [0.2, 0.25) is 5.91 Å². The SMILES string of the molecule is NC(=O)C=Cc1ccc2sccc2c1. The van der Waals surface area contributed by atoms with Crippen molar-refractivity contribution in [1.82, 2.24) is 0 Å². The van der Waals surface area contributed by atoms with E-state index in [4.69, 9.17) is 5.73 Å². The number of carbonyl (C=O) groups is 1. The summed E-state index contributed by atoms with van der Waals surface area (Å²) in [5.41, 5.74) is 6.00. The summed E-state index contributed by atoms with van der Waals surface area (Å²) < 4.78 is 1.25. The Morgan fingerprint density at radius 3 is 3.00 bits per heavy atom. The number of fused-ring (bicyclic) bond motifs is 1. The lowest BCUT2D eigenvalue weighted by Crippen LogP contribution is -2.04. The number of rotatable bonds is 2. The van der Waals surface area contributed by atoms with Gasteiger partial charge in [0.15, 0.2) is 0 Å². The summed E-state index contributed by atoms with van der Waals surface area (Å²) in [5, 5.41) is 3.24. The molecule has 14 heavy (non-hydrogen) atoms. The summed E-state index contributed by atoms with van der Waals surface area (Å²) in [6, 6.07) is 8.10. The van der Waals surface area contributed by atoms with E-state index in [2.05, 4.69) is 6.07 Å². The minimum atomic E-state index is -0.421. The third-order valence-corrected chi connectivity index (χ3v) is 2.81. The van der Waals surface area contributed by atoms with Crippen LogP contribution in [0.3, 0.4) is 0 Å². The van der Waals surface area contributed by atoms with Crippen LogP contribution < -0.4 is 5.73 Å². The van der Waals surface area contributed by atoms with Gasteiger partial charge in [-0.1, -0.05) is 6.07 Å². The van der Waals surface area contributed by atoms with Crippen LogP contribution in [0.1, 0.15) is 5.56 Å². The van der Waals surface area contributed by atoms with Crippen LogP contribution in [0.15, 0.2) is 35.7 Å². The Balaban J connectivity index is 2.39. The van der Waals surface area contributed by atoms with Crippen LogP contribution >= 0.6 is 11.3 Å². The van der Waals surface area contributed by atoms with Crippen LogP contribution in [0, 0.1) is 0 Å². The lowest BCUT2D eigenvalue weighted by Gasteiger charge is -1.93. The van der Waals surface area contributed by atoms with E-state index in [-0.39, 0.29) is 0 Å². The highest BCUT2D eigenvalue weighted by atomic mass is 32.1. The van der Waals surface area contributed by atoms with E-state index in [0.29, 0.717) is 0 Å². The minimum Gasteiger partial charge on any atom is -0.366 e. The average Bonchev–Trinajstić information content (AvgIpc) is 2.61. The predicted octanol–water partition coefficient (Wildman–Crippen LogP) is 2.40. The fourth-order valence-corrected chi connectivity index (χ4v) is 2.04. The second-order valence-electron chi connectivity index (χ2n) is 2.95. The number of nitrogens with two attached hydrogens (primary N) is 1. The molecule has 1 aromatic heterocycles. The van der Waals surface area contributed by atoms with E-state index in [9.17, 15) is 4.79 Å². The van der Waals surface area contributed by atoms with Crippen molar-refractivity contribution in [2.75, 3.05) is 0 Å². The van der Waals surface area contributed by atoms with E-state index in [1.54, 1.807) is 17.4 Å². The normalized spacial score (nSPS) is 11.1. The molecule has 0 fully saturated rings. The van der Waals surface area contributed by atoms with E-state index >= 15 is 0 Å². The molecule has 0 aliphatic heterocycles. The molecule has 1 aromatic carbocycles. The highest BCUT2D eigenvalue weighted by Crippen LogP contribution is 2.22. The Kier molecular flexibility index (Phi) is 2.33. The fourth-order valence-electron chi connectivity index (χ4n) is 1.27. The molecule has 0 bridgehead atoms. The molecule has 0 radical (unpaired) electrons. The molecule has 0 saturated carbocycles. The molecular weight excluding hydrogens is 194 g/mol. The van der Waals surface area contributed by atoms with Crippen LogP contribution in [0.5, 0.6) is 0 Å². The zero-order valence-electron chi connectivity index (χ0n) is 7.44. The molecule has 0 aliphatic rings. The number of carbonyl (C=O) groups excluding carboxylic acids is 1. The number of thiophene rings is 1. The summed E-state index contributed by atoms with van der Waals surface area (Å²) in [5.74, 6) is -0.421. The van der Waals surface area contributed by atoms with Gasteiger partial charge in [-0.3, -0.25) is 4.79 Å². The fraction of sp³-hybridized carbons (Fsp3) is 0. The maximum atomic E-state index is 10.5. The standard InChI is InChI=1S/C11H9NOS/c12-11(13)4-2-8-1-3-10-9(7-8)5-6-14-10/h1-7H,(H2,12,13). The molecule has 2 aromatic rings. The van der Waals surface area contributed by atoms with Gasteiger partial charge < -0.3 is 5.73 Å². The lowest BCUT2D eigenvalue weighted by molar-refractivity contribution is -0.113. The van der Waals surface area contributed by atoms with Crippen LogP contribution in [0.25, 0.3) is 16.2 Å². The maximum absolute atomic E-state index is 10.5. The molecule has 0 aliphatic carbocycles. The van der Waals surface area contributed by atoms with Gasteiger partial charge in [0.25, 0.3) is 0 Å². The van der Waals surface area contributed by atoms with Crippen molar-refractivity contribution < 1.29 is 4.79 Å². The van der Waals surface area contributed by atoms with E-state index < -0.39 is 5.91 Å². The molecule has 0 unspecified atom stereocenters. The molecule has 0 atom stereocenters. The molecule has 0 saturated heterocycles. The Bertz CT molecular complexity index is 499. The van der Waals surface area contributed by atoms with Gasteiger partial charge in [0, 0.05) is 10.8 Å². The Hall–Kier alpha value is -1.61. The van der Waals surface area contributed by atoms with Crippen LogP contribution in [-0.2, 0) is 4.79 Å². The molecule has 3 heteroatoms. The molecule has 1 heterocycles. The quantitative estimate of drug-likeness (QED) is 0.748. The molecule has 2 nitrogen and oxygen atoms in total. The smallest absolute Gasteiger partial charge is 0.241 e. The molecule has 70 valence electrons. The summed E-state index contributed by atoms with van der Waals surface area (Å²) in [6.45, 7) is 0. The summed E-state index contributed by atoms with van der Waals surface area (Å²) in [4.78, 5) is 10.5. The summed E-state index contributed by atoms with van der Waals surface area (Å²) >= 11 is 1.70. The highest BCUT2D eigenvalue weighted by Gasteiger charge is 1.94. The summed E-state index contributed by atoms with van der Waals surface area (Å²) in [7, 11) is 0. The first kappa shape index (κ1) is 8.97. The molecule has 0 spiro atoms. The van der Waals surface area contributed by atoms with Gasteiger partial charge in [0.05, 0.1) is 0 Å². The lowest BCUT2D eigenvalue weighted by atomic mass is 10.1. The zero-order chi connectivity index (χ0) is 9.97. The van der Waals surface area contributed by atoms with Crippen molar-refractivity contribution in [2.45, 2.75) is 0 Å². The minimum absolute atomic E-state index is 0.421. The highest BCUT2D eigenvalue weighted by molar-refractivity contribution is 7.17. The van der Waals surface area contributed by atoms with Crippen LogP contribution in [0.2, 0.25) is 0 Å². The van der Waals surface area contributed by atoms with Crippen molar-refractivity contribution >= 4 is 33.4 Å². The number of benzene rings is 1. The Morgan fingerprint density at radius 2 is 2.21 bits per heavy atom.